The predicted molar refractivity (Wildman–Crippen MR) is 62.7 cm³/mol. The number of hydrogen-bond donors (Lipinski definition) is 0. The van der Waals surface area contributed by atoms with Gasteiger partial charge in [-0.3, -0.25) is 4.79 Å². The molecule has 2 aliphatic rings. The summed E-state index contributed by atoms with van der Waals surface area (Å²) in [5.74, 6) is 2.51. The second-order valence-corrected chi connectivity index (χ2v) is 5.56. The summed E-state index contributed by atoms with van der Waals surface area (Å²) in [7, 11) is 0. The molecule has 0 saturated heterocycles. The largest absolute Gasteiger partial charge is 0.300 e. The van der Waals surface area contributed by atoms with Crippen molar-refractivity contribution in [1.82, 2.24) is 0 Å². The van der Waals surface area contributed by atoms with Crippen LogP contribution in [0.15, 0.2) is 0 Å². The number of carbonyl (C=O) groups excluding carboxylic acids is 1. The maximum absolute atomic E-state index is 11.7. The molecule has 0 amide bonds. The summed E-state index contributed by atoms with van der Waals surface area (Å²) in [6, 6.07) is 0. The Morgan fingerprint density at radius 1 is 0.867 bits per heavy atom. The molecule has 2 fully saturated rings. The summed E-state index contributed by atoms with van der Waals surface area (Å²) in [4.78, 5) is 11.7. The molecular weight excluding hydrogens is 184 g/mol. The van der Waals surface area contributed by atoms with Crippen molar-refractivity contribution in [3.05, 3.63) is 0 Å². The molecule has 0 spiro atoms. The molecular formula is C14H24O. The van der Waals surface area contributed by atoms with Crippen molar-refractivity contribution < 1.29 is 4.79 Å². The summed E-state index contributed by atoms with van der Waals surface area (Å²) >= 11 is 0. The van der Waals surface area contributed by atoms with Crippen LogP contribution in [-0.2, 0) is 4.79 Å². The van der Waals surface area contributed by atoms with Crippen LogP contribution in [0.2, 0.25) is 0 Å². The molecule has 0 heterocycles. The molecule has 2 rings (SSSR count). The number of carbonyl (C=O) groups is 1. The summed E-state index contributed by atoms with van der Waals surface area (Å²) < 4.78 is 0. The van der Waals surface area contributed by atoms with Gasteiger partial charge < -0.3 is 0 Å². The average molecular weight is 208 g/mol. The Hall–Kier alpha value is -0.330. The van der Waals surface area contributed by atoms with Crippen molar-refractivity contribution in [2.75, 3.05) is 0 Å². The van der Waals surface area contributed by atoms with Crippen LogP contribution in [-0.4, -0.2) is 5.78 Å². The second kappa shape index (κ2) is 5.14. The molecule has 1 nitrogen and oxygen atoms in total. The van der Waals surface area contributed by atoms with Crippen LogP contribution < -0.4 is 0 Å². The minimum Gasteiger partial charge on any atom is -0.300 e. The second-order valence-electron chi connectivity index (χ2n) is 5.56. The van der Waals surface area contributed by atoms with Crippen LogP contribution in [0.5, 0.6) is 0 Å². The first-order valence-corrected chi connectivity index (χ1v) is 6.79. The molecule has 0 radical (unpaired) electrons. The van der Waals surface area contributed by atoms with Crippen molar-refractivity contribution in [1.29, 1.82) is 0 Å². The van der Waals surface area contributed by atoms with Gasteiger partial charge in [-0.15, -0.1) is 0 Å². The van der Waals surface area contributed by atoms with Crippen LogP contribution in [0.3, 0.4) is 0 Å². The van der Waals surface area contributed by atoms with Gasteiger partial charge in [-0.25, -0.2) is 0 Å². The van der Waals surface area contributed by atoms with Gasteiger partial charge >= 0.3 is 0 Å². The molecule has 0 aromatic carbocycles. The van der Waals surface area contributed by atoms with Crippen molar-refractivity contribution >= 4 is 5.78 Å². The van der Waals surface area contributed by atoms with Gasteiger partial charge in [-0.2, -0.15) is 0 Å². The smallest absolute Gasteiger partial charge is 0.133 e. The van der Waals surface area contributed by atoms with Gasteiger partial charge in [0.1, 0.15) is 5.78 Å². The quantitative estimate of drug-likeness (QED) is 0.671. The topological polar surface area (TPSA) is 17.1 Å². The number of Topliss-reactive ketones (excluding diaryl/α,β-unsaturated/α-hetero) is 1. The number of rotatable bonds is 2. The first-order valence-electron chi connectivity index (χ1n) is 6.79. The molecule has 0 aromatic heterocycles. The van der Waals surface area contributed by atoms with Crippen molar-refractivity contribution in [3.8, 4) is 0 Å². The van der Waals surface area contributed by atoms with Gasteiger partial charge in [0, 0.05) is 5.92 Å². The molecule has 2 aliphatic carbocycles. The normalized spacial score (nSPS) is 33.9. The van der Waals surface area contributed by atoms with Crippen LogP contribution in [0, 0.1) is 17.8 Å². The van der Waals surface area contributed by atoms with Crippen molar-refractivity contribution in [3.63, 3.8) is 0 Å². The molecule has 0 aliphatic heterocycles. The third kappa shape index (κ3) is 2.62. The van der Waals surface area contributed by atoms with E-state index in [0.29, 0.717) is 11.7 Å². The predicted octanol–water partition coefficient (Wildman–Crippen LogP) is 3.96. The highest BCUT2D eigenvalue weighted by Gasteiger charge is 2.34. The lowest BCUT2D eigenvalue weighted by atomic mass is 9.67. The van der Waals surface area contributed by atoms with Crippen LogP contribution >= 0.6 is 0 Å². The van der Waals surface area contributed by atoms with Gasteiger partial charge in [-0.1, -0.05) is 44.9 Å². The van der Waals surface area contributed by atoms with Crippen molar-refractivity contribution in [2.45, 2.75) is 64.7 Å². The Morgan fingerprint density at radius 2 is 1.47 bits per heavy atom. The fourth-order valence-electron chi connectivity index (χ4n) is 3.79. The van der Waals surface area contributed by atoms with Gasteiger partial charge in [0.05, 0.1) is 0 Å². The van der Waals surface area contributed by atoms with E-state index in [4.69, 9.17) is 0 Å². The SMILES string of the molecule is CC(=O)C1CCCCC1C1CCCCC1. The molecule has 2 saturated carbocycles. The fraction of sp³-hybridized carbons (Fsp3) is 0.929. The highest BCUT2D eigenvalue weighted by molar-refractivity contribution is 5.78. The fourth-order valence-corrected chi connectivity index (χ4v) is 3.79. The third-order valence-corrected chi connectivity index (χ3v) is 4.60. The van der Waals surface area contributed by atoms with Gasteiger partial charge in [-0.05, 0) is 31.6 Å². The van der Waals surface area contributed by atoms with Crippen LogP contribution in [0.1, 0.15) is 64.7 Å². The van der Waals surface area contributed by atoms with Crippen molar-refractivity contribution in [2.24, 2.45) is 17.8 Å². The molecule has 0 bridgehead atoms. The first kappa shape index (κ1) is 11.2. The Balaban J connectivity index is 1.99. The molecule has 2 atom stereocenters. The molecule has 0 N–H and O–H groups in total. The highest BCUT2D eigenvalue weighted by Crippen LogP contribution is 2.41. The van der Waals surface area contributed by atoms with Gasteiger partial charge in [0.15, 0.2) is 0 Å². The maximum atomic E-state index is 11.7. The summed E-state index contributed by atoms with van der Waals surface area (Å²) in [5.41, 5.74) is 0. The lowest BCUT2D eigenvalue weighted by Gasteiger charge is -2.37. The van der Waals surface area contributed by atoms with E-state index >= 15 is 0 Å². The van der Waals surface area contributed by atoms with Gasteiger partial charge in [0.2, 0.25) is 0 Å². The first-order chi connectivity index (χ1) is 7.29. The maximum Gasteiger partial charge on any atom is 0.133 e. The molecule has 2 unspecified atom stereocenters. The van der Waals surface area contributed by atoms with E-state index in [2.05, 4.69) is 0 Å². The van der Waals surface area contributed by atoms with Crippen LogP contribution in [0.4, 0.5) is 0 Å². The Bertz CT molecular complexity index is 215. The van der Waals surface area contributed by atoms with E-state index in [1.807, 2.05) is 6.92 Å². The summed E-state index contributed by atoms with van der Waals surface area (Å²) in [5, 5.41) is 0. The molecule has 1 heteroatoms. The monoisotopic (exact) mass is 208 g/mol. The molecule has 15 heavy (non-hydrogen) atoms. The minimum absolute atomic E-state index is 0.418. The molecule has 86 valence electrons. The Kier molecular flexibility index (Phi) is 3.82. The third-order valence-electron chi connectivity index (χ3n) is 4.60. The number of ketones is 1. The van der Waals surface area contributed by atoms with E-state index in [1.54, 1.807) is 0 Å². The zero-order valence-corrected chi connectivity index (χ0v) is 10.0. The summed E-state index contributed by atoms with van der Waals surface area (Å²) in [6.45, 7) is 1.81. The van der Waals surface area contributed by atoms with Crippen LogP contribution in [0.25, 0.3) is 0 Å². The zero-order valence-electron chi connectivity index (χ0n) is 10.0. The van der Waals surface area contributed by atoms with E-state index in [9.17, 15) is 4.79 Å². The lowest BCUT2D eigenvalue weighted by Crippen LogP contribution is -2.32. The minimum atomic E-state index is 0.418. The van der Waals surface area contributed by atoms with Gasteiger partial charge in [0.25, 0.3) is 0 Å². The van der Waals surface area contributed by atoms with E-state index in [0.717, 1.165) is 11.8 Å². The average Bonchev–Trinajstić information content (AvgIpc) is 2.30. The highest BCUT2D eigenvalue weighted by atomic mass is 16.1. The van der Waals surface area contributed by atoms with E-state index in [-0.39, 0.29) is 0 Å². The lowest BCUT2D eigenvalue weighted by molar-refractivity contribution is -0.124. The van der Waals surface area contributed by atoms with E-state index < -0.39 is 0 Å². The van der Waals surface area contributed by atoms with E-state index in [1.165, 1.54) is 57.8 Å². The number of hydrogen-bond acceptors (Lipinski definition) is 1. The zero-order chi connectivity index (χ0) is 10.7. The summed E-state index contributed by atoms with van der Waals surface area (Å²) in [6.07, 6.45) is 12.2. The Labute approximate surface area is 93.6 Å². The Morgan fingerprint density at radius 3 is 2.13 bits per heavy atom. The standard InChI is InChI=1S/C14H24O/c1-11(15)13-9-5-6-10-14(13)12-7-3-2-4-8-12/h12-14H,2-10H2,1H3. The molecule has 0 aromatic rings.